The molecule has 0 aliphatic carbocycles. The number of nitrogens with two attached hydrogens (primary N) is 1. The van der Waals surface area contributed by atoms with Gasteiger partial charge in [0.25, 0.3) is 5.91 Å². The maximum Gasteiger partial charge on any atom is 0.268 e. The molecular weight excluding hydrogens is 240 g/mol. The Hall–Kier alpha value is -2.30. The smallest absolute Gasteiger partial charge is 0.268 e. The summed E-state index contributed by atoms with van der Waals surface area (Å²) in [5.41, 5.74) is 7.77. The second kappa shape index (κ2) is 6.04. The van der Waals surface area contributed by atoms with Crippen molar-refractivity contribution < 1.29 is 4.79 Å². The van der Waals surface area contributed by atoms with Crippen LogP contribution in [0.1, 0.15) is 29.5 Å². The van der Waals surface area contributed by atoms with Gasteiger partial charge in [0.05, 0.1) is 17.9 Å². The number of aryl methyl sites for hydroxylation is 1. The van der Waals surface area contributed by atoms with Gasteiger partial charge in [0.2, 0.25) is 0 Å². The molecule has 1 amide bonds. The Morgan fingerprint density at radius 2 is 2.32 bits per heavy atom. The summed E-state index contributed by atoms with van der Waals surface area (Å²) < 4.78 is 1.88. The lowest BCUT2D eigenvalue weighted by Crippen LogP contribution is -2.25. The molecule has 5 heteroatoms. The number of nitrogens with one attached hydrogen (secondary N) is 1. The van der Waals surface area contributed by atoms with E-state index in [0.29, 0.717) is 17.9 Å². The highest BCUT2D eigenvalue weighted by Gasteiger charge is 2.12. The van der Waals surface area contributed by atoms with Crippen molar-refractivity contribution in [1.82, 2.24) is 14.9 Å². The second-order valence-corrected chi connectivity index (χ2v) is 4.36. The Bertz CT molecular complexity index is 548. The molecule has 0 radical (unpaired) electrons. The molecule has 2 aromatic rings. The number of rotatable bonds is 5. The average Bonchev–Trinajstić information content (AvgIpc) is 2.79. The Kier molecular flexibility index (Phi) is 4.18. The number of hydrogen-bond donors (Lipinski definition) is 2. The van der Waals surface area contributed by atoms with Crippen molar-refractivity contribution in [3.8, 4) is 0 Å². The standard InChI is InChI=1S/C14H18N4O/c1-2-7-18-10-11(15)8-13(18)14(19)17-9-12-5-3-4-6-16-12/h3-6,8,10H,2,7,9,15H2,1H3,(H,17,19). The SMILES string of the molecule is CCCn1cc(N)cc1C(=O)NCc1ccccn1. The maximum atomic E-state index is 12.1. The summed E-state index contributed by atoms with van der Waals surface area (Å²) in [7, 11) is 0. The molecule has 5 nitrogen and oxygen atoms in total. The van der Waals surface area contributed by atoms with Gasteiger partial charge < -0.3 is 15.6 Å². The summed E-state index contributed by atoms with van der Waals surface area (Å²) in [6.07, 6.45) is 4.45. The third-order valence-electron chi connectivity index (χ3n) is 2.77. The van der Waals surface area contributed by atoms with Crippen molar-refractivity contribution in [1.29, 1.82) is 0 Å². The molecule has 100 valence electrons. The van der Waals surface area contributed by atoms with Crippen molar-refractivity contribution in [3.05, 3.63) is 48.0 Å². The number of carbonyl (C=O) groups excluding carboxylic acids is 1. The van der Waals surface area contributed by atoms with Crippen molar-refractivity contribution in [2.75, 3.05) is 5.73 Å². The van der Waals surface area contributed by atoms with Crippen LogP contribution in [0.3, 0.4) is 0 Å². The first-order valence-electron chi connectivity index (χ1n) is 6.34. The number of pyridine rings is 1. The minimum atomic E-state index is -0.129. The van der Waals surface area contributed by atoms with E-state index in [9.17, 15) is 4.79 Å². The second-order valence-electron chi connectivity index (χ2n) is 4.36. The zero-order valence-electron chi connectivity index (χ0n) is 11.0. The van der Waals surface area contributed by atoms with Gasteiger partial charge in [-0.05, 0) is 24.6 Å². The van der Waals surface area contributed by atoms with Gasteiger partial charge in [0.1, 0.15) is 5.69 Å². The minimum absolute atomic E-state index is 0.129. The molecule has 0 atom stereocenters. The Balaban J connectivity index is 2.03. The molecule has 0 spiro atoms. The van der Waals surface area contributed by atoms with E-state index in [1.54, 1.807) is 18.5 Å². The van der Waals surface area contributed by atoms with Crippen molar-refractivity contribution in [3.63, 3.8) is 0 Å². The summed E-state index contributed by atoms with van der Waals surface area (Å²) in [5.74, 6) is -0.129. The van der Waals surface area contributed by atoms with Crippen LogP contribution in [0.4, 0.5) is 5.69 Å². The fourth-order valence-electron chi connectivity index (χ4n) is 1.91. The number of carbonyl (C=O) groups is 1. The van der Waals surface area contributed by atoms with Crippen LogP contribution in [0.25, 0.3) is 0 Å². The van der Waals surface area contributed by atoms with E-state index >= 15 is 0 Å². The topological polar surface area (TPSA) is 72.9 Å². The zero-order valence-corrected chi connectivity index (χ0v) is 11.0. The molecule has 0 fully saturated rings. The highest BCUT2D eigenvalue weighted by atomic mass is 16.1. The molecule has 3 N–H and O–H groups in total. The normalized spacial score (nSPS) is 10.4. The van der Waals surface area contributed by atoms with E-state index in [2.05, 4.69) is 17.2 Å². The number of anilines is 1. The number of amides is 1. The van der Waals surface area contributed by atoms with Gasteiger partial charge in [-0.15, -0.1) is 0 Å². The van der Waals surface area contributed by atoms with Crippen LogP contribution in [0.2, 0.25) is 0 Å². The Morgan fingerprint density at radius 3 is 3.00 bits per heavy atom. The van der Waals surface area contributed by atoms with Crippen LogP contribution in [0.5, 0.6) is 0 Å². The number of nitrogen functional groups attached to an aromatic ring is 1. The van der Waals surface area contributed by atoms with Crippen LogP contribution in [-0.2, 0) is 13.1 Å². The molecule has 2 heterocycles. The lowest BCUT2D eigenvalue weighted by molar-refractivity contribution is 0.0941. The lowest BCUT2D eigenvalue weighted by Gasteiger charge is -2.08. The minimum Gasteiger partial charge on any atom is -0.397 e. The molecule has 0 saturated heterocycles. The molecular formula is C14H18N4O. The van der Waals surface area contributed by atoms with E-state index in [0.717, 1.165) is 18.7 Å². The van der Waals surface area contributed by atoms with Gasteiger partial charge in [-0.2, -0.15) is 0 Å². The first kappa shape index (κ1) is 13.1. The van der Waals surface area contributed by atoms with E-state index in [-0.39, 0.29) is 5.91 Å². The molecule has 2 aromatic heterocycles. The molecule has 0 aromatic carbocycles. The van der Waals surface area contributed by atoms with Crippen LogP contribution in [0.15, 0.2) is 36.7 Å². The first-order chi connectivity index (χ1) is 9.20. The maximum absolute atomic E-state index is 12.1. The van der Waals surface area contributed by atoms with E-state index in [4.69, 9.17) is 5.73 Å². The van der Waals surface area contributed by atoms with Gasteiger partial charge >= 0.3 is 0 Å². The first-order valence-corrected chi connectivity index (χ1v) is 6.34. The predicted molar refractivity (Wildman–Crippen MR) is 74.5 cm³/mol. The molecule has 0 aliphatic heterocycles. The Labute approximate surface area is 112 Å². The van der Waals surface area contributed by atoms with Gasteiger partial charge in [0, 0.05) is 18.9 Å². The fraction of sp³-hybridized carbons (Fsp3) is 0.286. The van der Waals surface area contributed by atoms with E-state index in [1.165, 1.54) is 0 Å². The zero-order chi connectivity index (χ0) is 13.7. The van der Waals surface area contributed by atoms with Crippen LogP contribution in [-0.4, -0.2) is 15.5 Å². The number of hydrogen-bond acceptors (Lipinski definition) is 3. The highest BCUT2D eigenvalue weighted by molar-refractivity contribution is 5.93. The van der Waals surface area contributed by atoms with Crippen molar-refractivity contribution in [2.24, 2.45) is 0 Å². The van der Waals surface area contributed by atoms with Crippen molar-refractivity contribution >= 4 is 11.6 Å². The van der Waals surface area contributed by atoms with Crippen LogP contribution in [0, 0.1) is 0 Å². The van der Waals surface area contributed by atoms with E-state index in [1.807, 2.05) is 22.8 Å². The van der Waals surface area contributed by atoms with Gasteiger partial charge in [-0.3, -0.25) is 9.78 Å². The van der Waals surface area contributed by atoms with Crippen LogP contribution >= 0.6 is 0 Å². The summed E-state index contributed by atoms with van der Waals surface area (Å²) in [6, 6.07) is 7.31. The largest absolute Gasteiger partial charge is 0.397 e. The molecule has 0 saturated carbocycles. The summed E-state index contributed by atoms with van der Waals surface area (Å²) in [4.78, 5) is 16.3. The third kappa shape index (κ3) is 3.34. The van der Waals surface area contributed by atoms with Crippen molar-refractivity contribution in [2.45, 2.75) is 26.4 Å². The summed E-state index contributed by atoms with van der Waals surface area (Å²) in [5, 5.41) is 2.85. The molecule has 19 heavy (non-hydrogen) atoms. The highest BCUT2D eigenvalue weighted by Crippen LogP contribution is 2.11. The van der Waals surface area contributed by atoms with Gasteiger partial charge in [-0.25, -0.2) is 0 Å². The Morgan fingerprint density at radius 1 is 1.47 bits per heavy atom. The fourth-order valence-corrected chi connectivity index (χ4v) is 1.91. The lowest BCUT2D eigenvalue weighted by atomic mass is 10.3. The van der Waals surface area contributed by atoms with E-state index < -0.39 is 0 Å². The third-order valence-corrected chi connectivity index (χ3v) is 2.77. The quantitative estimate of drug-likeness (QED) is 0.859. The van der Waals surface area contributed by atoms with Gasteiger partial charge in [-0.1, -0.05) is 13.0 Å². The molecule has 0 unspecified atom stereocenters. The van der Waals surface area contributed by atoms with Crippen LogP contribution < -0.4 is 11.1 Å². The van der Waals surface area contributed by atoms with Gasteiger partial charge in [0.15, 0.2) is 0 Å². The number of aromatic nitrogens is 2. The molecule has 0 aliphatic rings. The molecule has 0 bridgehead atoms. The monoisotopic (exact) mass is 258 g/mol. The number of nitrogens with zero attached hydrogens (tertiary/aromatic N) is 2. The average molecular weight is 258 g/mol. The predicted octanol–water partition coefficient (Wildman–Crippen LogP) is 1.81. The summed E-state index contributed by atoms with van der Waals surface area (Å²) >= 11 is 0. The molecule has 2 rings (SSSR count). The summed E-state index contributed by atoms with van der Waals surface area (Å²) in [6.45, 7) is 3.26.